The van der Waals surface area contributed by atoms with Gasteiger partial charge in [0, 0.05) is 13.1 Å². The Morgan fingerprint density at radius 2 is 1.79 bits per heavy atom. The maximum atomic E-state index is 12.7. The number of hydrogen-bond acceptors (Lipinski definition) is 6. The molecule has 5 rings (SSSR count). The third-order valence-corrected chi connectivity index (χ3v) is 4.88. The van der Waals surface area contributed by atoms with Crippen molar-refractivity contribution in [1.82, 2.24) is 29.9 Å². The molecule has 8 heteroatoms. The Hall–Kier alpha value is -3.81. The Balaban J connectivity index is 1.19. The van der Waals surface area contributed by atoms with Gasteiger partial charge in [0.1, 0.15) is 23.7 Å². The molecule has 2 aromatic carbocycles. The first-order chi connectivity index (χ1) is 14.3. The number of ether oxygens (including phenoxy) is 1. The largest absolute Gasteiger partial charge is 0.487 e. The van der Waals surface area contributed by atoms with Gasteiger partial charge in [-0.15, -0.1) is 5.10 Å². The third kappa shape index (κ3) is 3.52. The molecule has 1 fully saturated rings. The van der Waals surface area contributed by atoms with E-state index in [0.29, 0.717) is 25.4 Å². The standard InChI is InChI=1S/C21H18N6O2/c28-21(20-10-22-18-8-4-5-9-19(18)23-20)26-12-16(13-26)27-11-15(24-25-27)14-29-17-6-2-1-3-7-17/h1-11,16H,12-14H2. The number of nitrogens with zero attached hydrogens (tertiary/aromatic N) is 6. The quantitative estimate of drug-likeness (QED) is 0.524. The van der Waals surface area contributed by atoms with Crippen molar-refractivity contribution < 1.29 is 9.53 Å². The summed E-state index contributed by atoms with van der Waals surface area (Å²) >= 11 is 0. The van der Waals surface area contributed by atoms with Crippen LogP contribution in [0.25, 0.3) is 11.0 Å². The number of likely N-dealkylation sites (tertiary alicyclic amines) is 1. The van der Waals surface area contributed by atoms with Crippen molar-refractivity contribution in [3.05, 3.63) is 78.4 Å². The van der Waals surface area contributed by atoms with Crippen LogP contribution in [0.1, 0.15) is 22.2 Å². The number of rotatable bonds is 5. The minimum Gasteiger partial charge on any atom is -0.487 e. The van der Waals surface area contributed by atoms with E-state index in [0.717, 1.165) is 22.5 Å². The fourth-order valence-electron chi connectivity index (χ4n) is 3.24. The van der Waals surface area contributed by atoms with Gasteiger partial charge in [0.05, 0.1) is 29.5 Å². The number of amides is 1. The van der Waals surface area contributed by atoms with Crippen LogP contribution in [0.15, 0.2) is 67.0 Å². The predicted octanol–water partition coefficient (Wildman–Crippen LogP) is 2.50. The van der Waals surface area contributed by atoms with Gasteiger partial charge in [-0.25, -0.2) is 9.67 Å². The molecule has 0 saturated carbocycles. The number of para-hydroxylation sites is 3. The number of carbonyl (C=O) groups is 1. The molecular weight excluding hydrogens is 368 g/mol. The summed E-state index contributed by atoms with van der Waals surface area (Å²) in [5, 5.41) is 8.34. The molecule has 144 valence electrons. The zero-order valence-electron chi connectivity index (χ0n) is 15.5. The molecule has 0 N–H and O–H groups in total. The highest BCUT2D eigenvalue weighted by atomic mass is 16.5. The lowest BCUT2D eigenvalue weighted by atomic mass is 10.1. The van der Waals surface area contributed by atoms with E-state index in [1.54, 1.807) is 9.58 Å². The molecule has 0 spiro atoms. The Morgan fingerprint density at radius 3 is 2.62 bits per heavy atom. The van der Waals surface area contributed by atoms with E-state index in [1.165, 1.54) is 6.20 Å². The smallest absolute Gasteiger partial charge is 0.274 e. The highest BCUT2D eigenvalue weighted by Crippen LogP contribution is 2.23. The molecule has 29 heavy (non-hydrogen) atoms. The lowest BCUT2D eigenvalue weighted by Gasteiger charge is -2.38. The molecular formula is C21H18N6O2. The first-order valence-corrected chi connectivity index (χ1v) is 9.36. The van der Waals surface area contributed by atoms with E-state index >= 15 is 0 Å². The van der Waals surface area contributed by atoms with Gasteiger partial charge in [-0.3, -0.25) is 9.78 Å². The van der Waals surface area contributed by atoms with Crippen LogP contribution in [0, 0.1) is 0 Å². The van der Waals surface area contributed by atoms with Crippen molar-refractivity contribution in [3.63, 3.8) is 0 Å². The third-order valence-electron chi connectivity index (χ3n) is 4.88. The van der Waals surface area contributed by atoms with Crippen molar-refractivity contribution in [2.45, 2.75) is 12.6 Å². The summed E-state index contributed by atoms with van der Waals surface area (Å²) in [6, 6.07) is 17.2. The van der Waals surface area contributed by atoms with Crippen LogP contribution in [-0.2, 0) is 6.61 Å². The van der Waals surface area contributed by atoms with Gasteiger partial charge < -0.3 is 9.64 Å². The van der Waals surface area contributed by atoms with Crippen LogP contribution in [-0.4, -0.2) is 48.9 Å². The Morgan fingerprint density at radius 1 is 1.03 bits per heavy atom. The molecule has 8 nitrogen and oxygen atoms in total. The second kappa shape index (κ2) is 7.31. The van der Waals surface area contributed by atoms with Crippen molar-refractivity contribution in [3.8, 4) is 5.75 Å². The van der Waals surface area contributed by atoms with Gasteiger partial charge in [0.15, 0.2) is 0 Å². The Kier molecular flexibility index (Phi) is 4.36. The molecule has 3 heterocycles. The van der Waals surface area contributed by atoms with Crippen LogP contribution < -0.4 is 4.74 Å². The first kappa shape index (κ1) is 17.3. The summed E-state index contributed by atoms with van der Waals surface area (Å²) in [5.74, 6) is 0.672. The molecule has 1 aliphatic rings. The molecule has 0 atom stereocenters. The highest BCUT2D eigenvalue weighted by Gasteiger charge is 2.34. The number of benzene rings is 2. The Bertz CT molecular complexity index is 1150. The van der Waals surface area contributed by atoms with Crippen LogP contribution in [0.4, 0.5) is 0 Å². The van der Waals surface area contributed by atoms with Crippen LogP contribution in [0.5, 0.6) is 5.75 Å². The molecule has 0 bridgehead atoms. The lowest BCUT2D eigenvalue weighted by molar-refractivity contribution is 0.0492. The molecule has 4 aromatic rings. The zero-order valence-corrected chi connectivity index (χ0v) is 15.5. The van der Waals surface area contributed by atoms with Crippen molar-refractivity contribution in [2.24, 2.45) is 0 Å². The molecule has 0 unspecified atom stereocenters. The van der Waals surface area contributed by atoms with E-state index in [1.807, 2.05) is 60.8 Å². The average Bonchev–Trinajstić information content (AvgIpc) is 3.20. The van der Waals surface area contributed by atoms with Crippen LogP contribution >= 0.6 is 0 Å². The minimum atomic E-state index is -0.118. The summed E-state index contributed by atoms with van der Waals surface area (Å²) < 4.78 is 7.48. The number of fused-ring (bicyclic) bond motifs is 1. The molecule has 1 amide bonds. The summed E-state index contributed by atoms with van der Waals surface area (Å²) in [4.78, 5) is 23.2. The second-order valence-corrected chi connectivity index (χ2v) is 6.90. The molecule has 1 saturated heterocycles. The van der Waals surface area contributed by atoms with Gasteiger partial charge in [0.2, 0.25) is 0 Å². The van der Waals surface area contributed by atoms with Crippen molar-refractivity contribution in [1.29, 1.82) is 0 Å². The SMILES string of the molecule is O=C(c1cnc2ccccc2n1)N1CC(n2cc(COc3ccccc3)nn2)C1. The number of aromatic nitrogens is 5. The predicted molar refractivity (Wildman–Crippen MR) is 105 cm³/mol. The molecule has 2 aromatic heterocycles. The maximum Gasteiger partial charge on any atom is 0.274 e. The summed E-state index contributed by atoms with van der Waals surface area (Å²) in [7, 11) is 0. The van der Waals surface area contributed by atoms with Gasteiger partial charge in [-0.2, -0.15) is 0 Å². The van der Waals surface area contributed by atoms with Gasteiger partial charge in [0.25, 0.3) is 5.91 Å². The topological polar surface area (TPSA) is 86.0 Å². The maximum absolute atomic E-state index is 12.7. The molecule has 0 aliphatic carbocycles. The van der Waals surface area contributed by atoms with Gasteiger partial charge in [-0.1, -0.05) is 35.5 Å². The highest BCUT2D eigenvalue weighted by molar-refractivity contribution is 5.94. The van der Waals surface area contributed by atoms with Crippen molar-refractivity contribution >= 4 is 16.9 Å². The summed E-state index contributed by atoms with van der Waals surface area (Å²) in [5.41, 5.74) is 2.60. The van der Waals surface area contributed by atoms with E-state index < -0.39 is 0 Å². The first-order valence-electron chi connectivity index (χ1n) is 9.36. The van der Waals surface area contributed by atoms with Gasteiger partial charge in [-0.05, 0) is 24.3 Å². The lowest BCUT2D eigenvalue weighted by Crippen LogP contribution is -2.51. The fourth-order valence-corrected chi connectivity index (χ4v) is 3.24. The monoisotopic (exact) mass is 386 g/mol. The molecule has 0 radical (unpaired) electrons. The summed E-state index contributed by atoms with van der Waals surface area (Å²) in [6.45, 7) is 1.48. The minimum absolute atomic E-state index is 0.102. The Labute approximate surface area is 166 Å². The van der Waals surface area contributed by atoms with E-state index in [4.69, 9.17) is 4.74 Å². The molecule has 1 aliphatic heterocycles. The second-order valence-electron chi connectivity index (χ2n) is 6.90. The zero-order chi connectivity index (χ0) is 19.6. The van der Waals surface area contributed by atoms with E-state index in [-0.39, 0.29) is 11.9 Å². The average molecular weight is 386 g/mol. The fraction of sp³-hybridized carbons (Fsp3) is 0.190. The van der Waals surface area contributed by atoms with Crippen LogP contribution in [0.3, 0.4) is 0 Å². The van der Waals surface area contributed by atoms with Crippen molar-refractivity contribution in [2.75, 3.05) is 13.1 Å². The van der Waals surface area contributed by atoms with Crippen LogP contribution in [0.2, 0.25) is 0 Å². The van der Waals surface area contributed by atoms with E-state index in [2.05, 4.69) is 20.3 Å². The number of hydrogen-bond donors (Lipinski definition) is 0. The van der Waals surface area contributed by atoms with E-state index in [9.17, 15) is 4.79 Å². The number of carbonyl (C=O) groups excluding carboxylic acids is 1. The van der Waals surface area contributed by atoms with Gasteiger partial charge >= 0.3 is 0 Å². The summed E-state index contributed by atoms with van der Waals surface area (Å²) in [6.07, 6.45) is 3.40. The normalized spacial score (nSPS) is 14.0.